The van der Waals surface area contributed by atoms with Crippen molar-refractivity contribution in [2.24, 2.45) is 0 Å². The van der Waals surface area contributed by atoms with Crippen LogP contribution in [-0.4, -0.2) is 20.9 Å². The number of hydrogen-bond donors (Lipinski definition) is 1. The number of thiophene rings is 1. The van der Waals surface area contributed by atoms with Crippen LogP contribution in [0.2, 0.25) is 4.34 Å². The highest BCUT2D eigenvalue weighted by Gasteiger charge is 2.13. The molecule has 0 saturated carbocycles. The van der Waals surface area contributed by atoms with Crippen molar-refractivity contribution in [1.82, 2.24) is 15.0 Å². The quantitative estimate of drug-likeness (QED) is 0.475. The predicted octanol–water partition coefficient (Wildman–Crippen LogP) is 5.36. The second-order valence-corrected chi connectivity index (χ2v) is 7.83. The topological polar surface area (TPSA) is 77.0 Å². The molecule has 0 aliphatic carbocycles. The lowest BCUT2D eigenvalue weighted by Gasteiger charge is -2.06. The molecule has 3 heterocycles. The van der Waals surface area contributed by atoms with Crippen molar-refractivity contribution in [3.8, 4) is 21.6 Å². The minimum absolute atomic E-state index is 0.262. The second kappa shape index (κ2) is 7.83. The summed E-state index contributed by atoms with van der Waals surface area (Å²) in [4.78, 5) is 25.7. The average molecular weight is 415 g/mol. The highest BCUT2D eigenvalue weighted by molar-refractivity contribution is 7.23. The number of aromatic nitrogens is 3. The maximum Gasteiger partial charge on any atom is 0.321 e. The van der Waals surface area contributed by atoms with Crippen LogP contribution in [0, 0.1) is 0 Å². The van der Waals surface area contributed by atoms with Crippen LogP contribution in [0.4, 0.5) is 5.69 Å². The summed E-state index contributed by atoms with van der Waals surface area (Å²) in [6.45, 7) is 0. The Balaban J connectivity index is 1.41. The lowest BCUT2D eigenvalue weighted by molar-refractivity contribution is 0.102. The Morgan fingerprint density at radius 2 is 1.85 bits per heavy atom. The van der Waals surface area contributed by atoms with Crippen molar-refractivity contribution in [2.45, 2.75) is 0 Å². The summed E-state index contributed by atoms with van der Waals surface area (Å²) in [7, 11) is 0. The van der Waals surface area contributed by atoms with Gasteiger partial charge in [-0.05, 0) is 42.5 Å². The lowest BCUT2D eigenvalue weighted by atomic mass is 10.3. The fraction of sp³-hybridized carbons (Fsp3) is 0. The molecular formula is C18H11ClN4O2S2. The van der Waals surface area contributed by atoms with Crippen LogP contribution < -0.4 is 10.1 Å². The number of carbonyl (C=O) groups excluding carboxylic acids is 1. The highest BCUT2D eigenvalue weighted by atomic mass is 35.5. The van der Waals surface area contributed by atoms with Gasteiger partial charge in [-0.25, -0.2) is 15.0 Å². The predicted molar refractivity (Wildman–Crippen MR) is 107 cm³/mol. The van der Waals surface area contributed by atoms with Crippen molar-refractivity contribution < 1.29 is 9.53 Å². The summed E-state index contributed by atoms with van der Waals surface area (Å²) in [5.74, 6) is 0.296. The second-order valence-electron chi connectivity index (χ2n) is 5.25. The van der Waals surface area contributed by atoms with Gasteiger partial charge in [0.15, 0.2) is 0 Å². The van der Waals surface area contributed by atoms with E-state index in [-0.39, 0.29) is 11.9 Å². The van der Waals surface area contributed by atoms with E-state index in [1.54, 1.807) is 48.1 Å². The van der Waals surface area contributed by atoms with Crippen molar-refractivity contribution in [2.75, 3.05) is 5.32 Å². The van der Waals surface area contributed by atoms with Gasteiger partial charge in [-0.1, -0.05) is 11.6 Å². The molecule has 1 amide bonds. The minimum Gasteiger partial charge on any atom is -0.424 e. The van der Waals surface area contributed by atoms with E-state index < -0.39 is 0 Å². The largest absolute Gasteiger partial charge is 0.424 e. The molecule has 0 saturated heterocycles. The summed E-state index contributed by atoms with van der Waals surface area (Å²) in [6, 6.07) is 12.6. The number of nitrogens with zero attached hydrogens (tertiary/aromatic N) is 3. The van der Waals surface area contributed by atoms with Crippen LogP contribution in [-0.2, 0) is 0 Å². The molecule has 0 atom stereocenters. The number of ether oxygens (including phenoxy) is 1. The summed E-state index contributed by atoms with van der Waals surface area (Å²) < 4.78 is 6.21. The SMILES string of the molecule is O=C(Nc1ccc(Oc2ncccn2)cc1)c1csc(-c2ccc(Cl)s2)n1. The molecule has 4 rings (SSSR count). The molecule has 134 valence electrons. The minimum atomic E-state index is -0.278. The van der Waals surface area contributed by atoms with Crippen LogP contribution in [0.15, 0.2) is 60.2 Å². The Kier molecular flexibility index (Phi) is 5.10. The van der Waals surface area contributed by atoms with E-state index in [1.165, 1.54) is 22.7 Å². The van der Waals surface area contributed by atoms with Crippen LogP contribution in [0.3, 0.4) is 0 Å². The molecule has 27 heavy (non-hydrogen) atoms. The molecule has 0 bridgehead atoms. The first-order valence-corrected chi connectivity index (χ1v) is 9.82. The number of benzene rings is 1. The first kappa shape index (κ1) is 17.6. The van der Waals surface area contributed by atoms with Gasteiger partial charge in [-0.3, -0.25) is 4.79 Å². The third kappa shape index (κ3) is 4.30. The molecule has 0 radical (unpaired) electrons. The standard InChI is InChI=1S/C18H11ClN4O2S2/c19-15-7-6-14(27-15)17-23-13(10-26-17)16(24)22-11-2-4-12(5-3-11)25-18-20-8-1-9-21-18/h1-10H,(H,22,24). The molecule has 1 aromatic carbocycles. The summed E-state index contributed by atoms with van der Waals surface area (Å²) >= 11 is 8.78. The fourth-order valence-electron chi connectivity index (χ4n) is 2.17. The van der Waals surface area contributed by atoms with E-state index in [4.69, 9.17) is 16.3 Å². The smallest absolute Gasteiger partial charge is 0.321 e. The van der Waals surface area contributed by atoms with E-state index >= 15 is 0 Å². The van der Waals surface area contributed by atoms with Crippen LogP contribution in [0.5, 0.6) is 11.8 Å². The number of carbonyl (C=O) groups is 1. The Hall–Kier alpha value is -2.81. The molecule has 0 spiro atoms. The molecular weight excluding hydrogens is 404 g/mol. The number of thiazole rings is 1. The van der Waals surface area contributed by atoms with Gasteiger partial charge >= 0.3 is 6.01 Å². The highest BCUT2D eigenvalue weighted by Crippen LogP contribution is 2.33. The Labute approximate surface area is 167 Å². The number of hydrogen-bond acceptors (Lipinski definition) is 7. The number of halogens is 1. The third-order valence-corrected chi connectivity index (χ3v) is 5.63. The summed E-state index contributed by atoms with van der Waals surface area (Å²) in [5, 5.41) is 5.31. The zero-order chi connectivity index (χ0) is 18.6. The van der Waals surface area contributed by atoms with Gasteiger partial charge in [-0.15, -0.1) is 22.7 Å². The van der Waals surface area contributed by atoms with Crippen LogP contribution in [0.25, 0.3) is 9.88 Å². The molecule has 0 aliphatic heterocycles. The van der Waals surface area contributed by atoms with Gasteiger partial charge < -0.3 is 10.1 Å². The van der Waals surface area contributed by atoms with E-state index in [1.807, 2.05) is 12.1 Å². The zero-order valence-corrected chi connectivity index (χ0v) is 16.0. The van der Waals surface area contributed by atoms with Gasteiger partial charge in [0.2, 0.25) is 0 Å². The maximum absolute atomic E-state index is 12.4. The molecule has 6 nitrogen and oxygen atoms in total. The lowest BCUT2D eigenvalue weighted by Crippen LogP contribution is -2.12. The molecule has 1 N–H and O–H groups in total. The normalized spacial score (nSPS) is 10.6. The molecule has 0 fully saturated rings. The molecule has 0 unspecified atom stereocenters. The number of rotatable bonds is 5. The first-order chi connectivity index (χ1) is 13.2. The van der Waals surface area contributed by atoms with E-state index in [0.717, 1.165) is 9.88 Å². The third-order valence-electron chi connectivity index (χ3n) is 3.38. The van der Waals surface area contributed by atoms with Crippen LogP contribution in [0.1, 0.15) is 10.5 Å². The average Bonchev–Trinajstić information content (AvgIpc) is 3.33. The summed E-state index contributed by atoms with van der Waals surface area (Å²) in [6.07, 6.45) is 3.20. The Morgan fingerprint density at radius 3 is 2.56 bits per heavy atom. The van der Waals surface area contributed by atoms with Crippen LogP contribution >= 0.6 is 34.3 Å². The van der Waals surface area contributed by atoms with E-state index in [2.05, 4.69) is 20.3 Å². The van der Waals surface area contributed by atoms with Crippen molar-refractivity contribution in [3.63, 3.8) is 0 Å². The van der Waals surface area contributed by atoms with Crippen molar-refractivity contribution in [3.05, 3.63) is 70.3 Å². The molecule has 4 aromatic rings. The van der Waals surface area contributed by atoms with E-state index in [0.29, 0.717) is 21.5 Å². The Morgan fingerprint density at radius 1 is 1.07 bits per heavy atom. The number of amides is 1. The summed E-state index contributed by atoms with van der Waals surface area (Å²) in [5.41, 5.74) is 0.993. The van der Waals surface area contributed by atoms with Gasteiger partial charge in [0.05, 0.1) is 9.21 Å². The van der Waals surface area contributed by atoms with E-state index in [9.17, 15) is 4.79 Å². The van der Waals surface area contributed by atoms with Crippen molar-refractivity contribution >= 4 is 45.9 Å². The van der Waals surface area contributed by atoms with Crippen molar-refractivity contribution in [1.29, 1.82) is 0 Å². The maximum atomic E-state index is 12.4. The molecule has 3 aromatic heterocycles. The fourth-order valence-corrected chi connectivity index (χ4v) is 4.08. The molecule has 9 heteroatoms. The first-order valence-electron chi connectivity index (χ1n) is 7.75. The van der Waals surface area contributed by atoms with Gasteiger partial charge in [0.25, 0.3) is 5.91 Å². The van der Waals surface area contributed by atoms with Gasteiger partial charge in [0.1, 0.15) is 16.5 Å². The number of anilines is 1. The molecule has 0 aliphatic rings. The van der Waals surface area contributed by atoms with Gasteiger partial charge in [0, 0.05) is 23.5 Å². The Bertz CT molecular complexity index is 1060. The number of nitrogens with one attached hydrogen (secondary N) is 1. The van der Waals surface area contributed by atoms with Gasteiger partial charge in [-0.2, -0.15) is 0 Å². The monoisotopic (exact) mass is 414 g/mol. The zero-order valence-electron chi connectivity index (χ0n) is 13.6.